The molecule has 0 aliphatic rings. The smallest absolute Gasteiger partial charge is 0.333 e. The average Bonchev–Trinajstić information content (AvgIpc) is 3.02. The first-order valence-electron chi connectivity index (χ1n) is 16.7. The van der Waals surface area contributed by atoms with E-state index in [1.807, 2.05) is 12.1 Å². The van der Waals surface area contributed by atoms with Gasteiger partial charge in [0.05, 0.1) is 51.4 Å². The molecule has 0 saturated carbocycles. The largest absolute Gasteiger partial charge is 0.497 e. The van der Waals surface area contributed by atoms with Crippen molar-refractivity contribution in [3.8, 4) is 11.5 Å². The van der Waals surface area contributed by atoms with Crippen LogP contribution in [0.15, 0.2) is 47.6 Å². The van der Waals surface area contributed by atoms with E-state index < -0.39 is 8.32 Å². The molecular formula is C38H65NO8Si. The standard InChI is InChI=1S/C38H65NO8Si/c1-24(18-17-19-25(2)37(40)46-14)33(47-48(15,16)38(6,7)8)26(3)20-27(4)35(44-12)32(42-10)21-28(5)34(43-11)30-22-29(41-9)23-31(39)36(30)45-13/h17-20,22-24,27-28,32-35H,21,39H2,1-16H3/b18-17-,25-19+,26-20+/t24-,27-,28-,32-,33+,34+,35+/m0/s1. The van der Waals surface area contributed by atoms with E-state index in [1.54, 1.807) is 54.6 Å². The summed E-state index contributed by atoms with van der Waals surface area (Å²) in [6.07, 6.45) is 7.71. The highest BCUT2D eigenvalue weighted by molar-refractivity contribution is 6.74. The van der Waals surface area contributed by atoms with Crippen LogP contribution in [0.1, 0.15) is 73.5 Å². The third kappa shape index (κ3) is 11.8. The third-order valence-electron chi connectivity index (χ3n) is 9.65. The first-order valence-corrected chi connectivity index (χ1v) is 19.6. The Kier molecular flexibility index (Phi) is 17.7. The zero-order valence-corrected chi connectivity index (χ0v) is 33.6. The van der Waals surface area contributed by atoms with Gasteiger partial charge in [0.1, 0.15) is 11.5 Å². The maximum Gasteiger partial charge on any atom is 0.333 e. The molecule has 7 atom stereocenters. The Morgan fingerprint density at radius 2 is 1.54 bits per heavy atom. The first kappa shape index (κ1) is 43.4. The Balaban J connectivity index is 3.44. The minimum atomic E-state index is -2.15. The number of nitrogens with two attached hydrogens (primary N) is 1. The van der Waals surface area contributed by atoms with Crippen molar-refractivity contribution in [2.45, 2.75) is 104 Å². The van der Waals surface area contributed by atoms with E-state index in [0.717, 1.165) is 11.1 Å². The molecule has 0 aliphatic heterocycles. The molecule has 2 N–H and O–H groups in total. The van der Waals surface area contributed by atoms with E-state index >= 15 is 0 Å². The predicted octanol–water partition coefficient (Wildman–Crippen LogP) is 8.31. The van der Waals surface area contributed by atoms with Gasteiger partial charge in [-0.3, -0.25) is 0 Å². The van der Waals surface area contributed by atoms with Crippen LogP contribution in [-0.2, 0) is 28.2 Å². The molecule has 9 nitrogen and oxygen atoms in total. The van der Waals surface area contributed by atoms with Crippen LogP contribution in [0.4, 0.5) is 5.69 Å². The SMILES string of the molecule is COC(=O)/C(C)=C/C=C\[C@H](C)[C@@H](O[Si](C)(C)C(C)(C)C)/C(C)=C/[C@H](C)[C@@H](OC)[C@H](C[C@H](C)[C@@H](OC)c1cc(OC)cc(N)c1OC)OC. The molecule has 10 heteroatoms. The van der Waals surface area contributed by atoms with Gasteiger partial charge < -0.3 is 38.6 Å². The minimum absolute atomic E-state index is 0.00157. The van der Waals surface area contributed by atoms with Gasteiger partial charge in [0.25, 0.3) is 0 Å². The maximum atomic E-state index is 11.9. The van der Waals surface area contributed by atoms with Crippen LogP contribution in [0.3, 0.4) is 0 Å². The molecular weight excluding hydrogens is 627 g/mol. The highest BCUT2D eigenvalue weighted by atomic mass is 28.4. The molecule has 274 valence electrons. The molecule has 1 rings (SSSR count). The van der Waals surface area contributed by atoms with Gasteiger partial charge in [-0.15, -0.1) is 0 Å². The predicted molar refractivity (Wildman–Crippen MR) is 198 cm³/mol. The molecule has 0 saturated heterocycles. The summed E-state index contributed by atoms with van der Waals surface area (Å²) in [5.41, 5.74) is 9.27. The lowest BCUT2D eigenvalue weighted by molar-refractivity contribution is -0.136. The molecule has 0 radical (unpaired) electrons. The number of ether oxygens (including phenoxy) is 6. The van der Waals surface area contributed by atoms with Crippen molar-refractivity contribution in [3.05, 3.63) is 53.1 Å². The third-order valence-corrected chi connectivity index (χ3v) is 14.1. The molecule has 0 bridgehead atoms. The van der Waals surface area contributed by atoms with E-state index in [9.17, 15) is 4.79 Å². The number of carbonyl (C=O) groups excluding carboxylic acids is 1. The van der Waals surface area contributed by atoms with Crippen LogP contribution in [0.5, 0.6) is 11.5 Å². The summed E-state index contributed by atoms with van der Waals surface area (Å²) in [6.45, 7) is 21.6. The summed E-state index contributed by atoms with van der Waals surface area (Å²) >= 11 is 0. The van der Waals surface area contributed by atoms with Crippen molar-refractivity contribution in [2.75, 3.05) is 48.4 Å². The van der Waals surface area contributed by atoms with Gasteiger partial charge in [-0.1, -0.05) is 65.8 Å². The molecule has 48 heavy (non-hydrogen) atoms. The lowest BCUT2D eigenvalue weighted by atomic mass is 9.86. The van der Waals surface area contributed by atoms with Gasteiger partial charge in [-0.25, -0.2) is 4.79 Å². The highest BCUT2D eigenvalue weighted by Crippen LogP contribution is 2.42. The zero-order chi connectivity index (χ0) is 37.0. The van der Waals surface area contributed by atoms with Crippen molar-refractivity contribution in [2.24, 2.45) is 17.8 Å². The van der Waals surface area contributed by atoms with Gasteiger partial charge in [-0.05, 0) is 56.0 Å². The number of methoxy groups -OCH3 is 6. The van der Waals surface area contributed by atoms with Crippen LogP contribution in [0.25, 0.3) is 0 Å². The normalized spacial score (nSPS) is 17.8. The Morgan fingerprint density at radius 3 is 2.02 bits per heavy atom. The van der Waals surface area contributed by atoms with Crippen molar-refractivity contribution < 1.29 is 37.6 Å². The molecule has 1 aromatic rings. The number of benzene rings is 1. The summed E-state index contributed by atoms with van der Waals surface area (Å²) in [5, 5.41) is 0.0301. The second-order valence-electron chi connectivity index (χ2n) is 14.3. The fourth-order valence-electron chi connectivity index (χ4n) is 5.85. The van der Waals surface area contributed by atoms with Gasteiger partial charge in [-0.2, -0.15) is 0 Å². The lowest BCUT2D eigenvalue weighted by Crippen LogP contribution is -2.45. The fourth-order valence-corrected chi connectivity index (χ4v) is 7.24. The first-order chi connectivity index (χ1) is 22.3. The van der Waals surface area contributed by atoms with Crippen LogP contribution in [0.2, 0.25) is 18.1 Å². The topological polar surface area (TPSA) is 108 Å². The Hall–Kier alpha value is -2.63. The van der Waals surface area contributed by atoms with Crippen LogP contribution >= 0.6 is 0 Å². The molecule has 0 spiro atoms. The number of esters is 1. The average molecular weight is 692 g/mol. The summed E-state index contributed by atoms with van der Waals surface area (Å²) in [5.74, 6) is 0.914. The van der Waals surface area contributed by atoms with Crippen LogP contribution in [-0.4, -0.2) is 75.3 Å². The van der Waals surface area contributed by atoms with Crippen LogP contribution in [0, 0.1) is 17.8 Å². The molecule has 0 fully saturated rings. The van der Waals surface area contributed by atoms with E-state index in [2.05, 4.69) is 73.7 Å². The molecule has 0 heterocycles. The van der Waals surface area contributed by atoms with Gasteiger partial charge in [0, 0.05) is 50.4 Å². The summed E-state index contributed by atoms with van der Waals surface area (Å²) in [7, 11) is 7.59. The number of allylic oxidation sites excluding steroid dienone is 2. The second kappa shape index (κ2) is 19.5. The van der Waals surface area contributed by atoms with Crippen molar-refractivity contribution in [1.82, 2.24) is 0 Å². The van der Waals surface area contributed by atoms with Crippen molar-refractivity contribution in [3.63, 3.8) is 0 Å². The van der Waals surface area contributed by atoms with Gasteiger partial charge in [0.2, 0.25) is 0 Å². The molecule has 1 aromatic carbocycles. The maximum absolute atomic E-state index is 11.9. The monoisotopic (exact) mass is 691 g/mol. The fraction of sp³-hybridized carbons (Fsp3) is 0.658. The number of hydrogen-bond donors (Lipinski definition) is 1. The Labute approximate surface area is 292 Å². The molecule has 0 unspecified atom stereocenters. The number of hydrogen-bond acceptors (Lipinski definition) is 9. The summed E-state index contributed by atoms with van der Waals surface area (Å²) < 4.78 is 41.3. The molecule has 0 aliphatic carbocycles. The van der Waals surface area contributed by atoms with E-state index in [1.165, 1.54) is 7.11 Å². The summed E-state index contributed by atoms with van der Waals surface area (Å²) in [4.78, 5) is 11.9. The Bertz CT molecular complexity index is 1250. The van der Waals surface area contributed by atoms with Crippen LogP contribution < -0.4 is 15.2 Å². The zero-order valence-electron chi connectivity index (χ0n) is 32.6. The summed E-state index contributed by atoms with van der Waals surface area (Å²) in [6, 6.07) is 3.66. The Morgan fingerprint density at radius 1 is 0.917 bits per heavy atom. The van der Waals surface area contributed by atoms with E-state index in [0.29, 0.717) is 29.2 Å². The number of nitrogen functional groups attached to an aromatic ring is 1. The second-order valence-corrected chi connectivity index (χ2v) is 19.1. The highest BCUT2D eigenvalue weighted by Gasteiger charge is 2.40. The minimum Gasteiger partial charge on any atom is -0.497 e. The van der Waals surface area contributed by atoms with E-state index in [4.69, 9.17) is 38.6 Å². The van der Waals surface area contributed by atoms with Crippen molar-refractivity contribution >= 4 is 20.0 Å². The van der Waals surface area contributed by atoms with Gasteiger partial charge >= 0.3 is 5.97 Å². The quantitative estimate of drug-likeness (QED) is 0.0383. The number of anilines is 1. The van der Waals surface area contributed by atoms with Crippen molar-refractivity contribution in [1.29, 1.82) is 0 Å². The lowest BCUT2D eigenvalue weighted by Gasteiger charge is -2.41. The van der Waals surface area contributed by atoms with E-state index in [-0.39, 0.29) is 53.2 Å². The van der Waals surface area contributed by atoms with Gasteiger partial charge in [0.15, 0.2) is 8.32 Å². The number of rotatable bonds is 19. The number of carbonyl (C=O) groups is 1. The molecule has 0 aromatic heterocycles. The molecule has 0 amide bonds.